The zero-order valence-corrected chi connectivity index (χ0v) is 10.7. The summed E-state index contributed by atoms with van der Waals surface area (Å²) in [7, 11) is 1.64. The Morgan fingerprint density at radius 1 is 1.50 bits per heavy atom. The molecular formula is C11H18N6O. The monoisotopic (exact) mass is 250 g/mol. The smallest absolute Gasteiger partial charge is 0.148 e. The van der Waals surface area contributed by atoms with Gasteiger partial charge in [-0.1, -0.05) is 0 Å². The summed E-state index contributed by atoms with van der Waals surface area (Å²) in [6.45, 7) is 3.72. The molecule has 0 bridgehead atoms. The Hall–Kier alpha value is -1.91. The molecule has 1 aromatic rings. The van der Waals surface area contributed by atoms with E-state index in [1.54, 1.807) is 7.11 Å². The first kappa shape index (κ1) is 14.2. The highest BCUT2D eigenvalue weighted by molar-refractivity contribution is 5.57. The quantitative estimate of drug-likeness (QED) is 0.535. The van der Waals surface area contributed by atoms with Crippen molar-refractivity contribution in [2.45, 2.75) is 13.3 Å². The maximum atomic E-state index is 8.68. The lowest BCUT2D eigenvalue weighted by Crippen LogP contribution is -2.30. The van der Waals surface area contributed by atoms with Gasteiger partial charge in [0.1, 0.15) is 18.0 Å². The third kappa shape index (κ3) is 3.55. The number of nitrogen functional groups attached to an aromatic ring is 1. The van der Waals surface area contributed by atoms with E-state index in [4.69, 9.17) is 15.8 Å². The SMILES string of the molecule is COCCN(CCC#N)c1ncnc(NN)c1C. The zero-order chi connectivity index (χ0) is 13.4. The Labute approximate surface area is 107 Å². The van der Waals surface area contributed by atoms with E-state index in [0.717, 1.165) is 11.4 Å². The van der Waals surface area contributed by atoms with Gasteiger partial charge in [-0.15, -0.1) is 0 Å². The molecule has 3 N–H and O–H groups in total. The van der Waals surface area contributed by atoms with E-state index in [1.807, 2.05) is 11.8 Å². The number of rotatable bonds is 7. The molecule has 0 amide bonds. The number of anilines is 2. The van der Waals surface area contributed by atoms with Crippen molar-refractivity contribution in [1.82, 2.24) is 9.97 Å². The normalized spacial score (nSPS) is 9.89. The number of hydrogen-bond donors (Lipinski definition) is 2. The number of hydrogen-bond acceptors (Lipinski definition) is 7. The van der Waals surface area contributed by atoms with Gasteiger partial charge in [0.15, 0.2) is 0 Å². The largest absolute Gasteiger partial charge is 0.383 e. The second-order valence-electron chi connectivity index (χ2n) is 3.70. The van der Waals surface area contributed by atoms with Crippen molar-refractivity contribution in [3.63, 3.8) is 0 Å². The van der Waals surface area contributed by atoms with Gasteiger partial charge in [-0.05, 0) is 6.92 Å². The van der Waals surface area contributed by atoms with Gasteiger partial charge in [-0.2, -0.15) is 5.26 Å². The van der Waals surface area contributed by atoms with Crippen LogP contribution in [0.5, 0.6) is 0 Å². The number of nitrogens with two attached hydrogens (primary N) is 1. The predicted octanol–water partition coefficient (Wildman–Crippen LogP) is 0.437. The predicted molar refractivity (Wildman–Crippen MR) is 68.9 cm³/mol. The number of ether oxygens (including phenoxy) is 1. The van der Waals surface area contributed by atoms with Crippen molar-refractivity contribution in [2.75, 3.05) is 37.1 Å². The van der Waals surface area contributed by atoms with Gasteiger partial charge < -0.3 is 15.1 Å². The Morgan fingerprint density at radius 3 is 2.89 bits per heavy atom. The van der Waals surface area contributed by atoms with Crippen LogP contribution in [0.15, 0.2) is 6.33 Å². The maximum absolute atomic E-state index is 8.68. The van der Waals surface area contributed by atoms with Crippen LogP contribution in [0.25, 0.3) is 0 Å². The van der Waals surface area contributed by atoms with Crippen LogP contribution in [0, 0.1) is 18.3 Å². The molecule has 0 unspecified atom stereocenters. The molecule has 0 radical (unpaired) electrons. The molecule has 18 heavy (non-hydrogen) atoms. The number of methoxy groups -OCH3 is 1. The van der Waals surface area contributed by atoms with Crippen molar-refractivity contribution in [3.8, 4) is 6.07 Å². The molecule has 0 atom stereocenters. The molecule has 0 saturated carbocycles. The van der Waals surface area contributed by atoms with Crippen LogP contribution in [0.4, 0.5) is 11.6 Å². The van der Waals surface area contributed by atoms with Crippen LogP contribution in [0.2, 0.25) is 0 Å². The highest BCUT2D eigenvalue weighted by Gasteiger charge is 2.13. The Morgan fingerprint density at radius 2 is 2.28 bits per heavy atom. The lowest BCUT2D eigenvalue weighted by molar-refractivity contribution is 0.205. The Balaban J connectivity index is 2.93. The summed E-state index contributed by atoms with van der Waals surface area (Å²) < 4.78 is 5.06. The molecule has 0 aliphatic rings. The first-order valence-electron chi connectivity index (χ1n) is 5.63. The van der Waals surface area contributed by atoms with E-state index in [9.17, 15) is 0 Å². The van der Waals surface area contributed by atoms with Gasteiger partial charge in [0.05, 0.1) is 19.1 Å². The second-order valence-corrected chi connectivity index (χ2v) is 3.70. The third-order valence-corrected chi connectivity index (χ3v) is 2.55. The highest BCUT2D eigenvalue weighted by Crippen LogP contribution is 2.21. The first-order valence-corrected chi connectivity index (χ1v) is 5.63. The fourth-order valence-corrected chi connectivity index (χ4v) is 1.62. The Kier molecular flexibility index (Phi) is 5.84. The van der Waals surface area contributed by atoms with Crippen molar-refractivity contribution >= 4 is 11.6 Å². The minimum atomic E-state index is 0.429. The van der Waals surface area contributed by atoms with Crippen LogP contribution in [0.1, 0.15) is 12.0 Å². The zero-order valence-electron chi connectivity index (χ0n) is 10.7. The Bertz CT molecular complexity index is 416. The molecule has 0 aliphatic heterocycles. The van der Waals surface area contributed by atoms with Crippen LogP contribution >= 0.6 is 0 Å². The molecule has 7 heteroatoms. The lowest BCUT2D eigenvalue weighted by Gasteiger charge is -2.24. The van der Waals surface area contributed by atoms with Gasteiger partial charge in [-0.3, -0.25) is 0 Å². The van der Waals surface area contributed by atoms with Gasteiger partial charge in [0.2, 0.25) is 0 Å². The summed E-state index contributed by atoms with van der Waals surface area (Å²) in [5.74, 6) is 6.74. The lowest BCUT2D eigenvalue weighted by atomic mass is 10.2. The molecule has 0 spiro atoms. The summed E-state index contributed by atoms with van der Waals surface area (Å²) in [5, 5.41) is 8.68. The summed E-state index contributed by atoms with van der Waals surface area (Å²) in [4.78, 5) is 10.3. The van der Waals surface area contributed by atoms with Gasteiger partial charge >= 0.3 is 0 Å². The molecule has 0 saturated heterocycles. The van der Waals surface area contributed by atoms with E-state index in [2.05, 4.69) is 21.5 Å². The molecule has 98 valence electrons. The van der Waals surface area contributed by atoms with Gasteiger partial charge in [0.25, 0.3) is 0 Å². The standard InChI is InChI=1S/C11H18N6O/c1-9-10(16-13)14-8-15-11(9)17(5-3-4-12)6-7-18-2/h8H,3,5-7,13H2,1-2H3,(H,14,15,16). The van der Waals surface area contributed by atoms with Crippen molar-refractivity contribution < 1.29 is 4.74 Å². The fourth-order valence-electron chi connectivity index (χ4n) is 1.62. The topological polar surface area (TPSA) is 100 Å². The molecule has 0 aromatic carbocycles. The second kappa shape index (κ2) is 7.42. The third-order valence-electron chi connectivity index (χ3n) is 2.55. The minimum Gasteiger partial charge on any atom is -0.383 e. The molecular weight excluding hydrogens is 232 g/mol. The molecule has 1 aromatic heterocycles. The van der Waals surface area contributed by atoms with Crippen molar-refractivity contribution in [3.05, 3.63) is 11.9 Å². The number of aromatic nitrogens is 2. The van der Waals surface area contributed by atoms with Crippen LogP contribution in [-0.2, 0) is 4.74 Å². The fraction of sp³-hybridized carbons (Fsp3) is 0.545. The highest BCUT2D eigenvalue weighted by atomic mass is 16.5. The summed E-state index contributed by atoms with van der Waals surface area (Å²) in [5.41, 5.74) is 3.38. The van der Waals surface area contributed by atoms with Crippen LogP contribution in [0.3, 0.4) is 0 Å². The number of nitrogens with one attached hydrogen (secondary N) is 1. The maximum Gasteiger partial charge on any atom is 0.148 e. The minimum absolute atomic E-state index is 0.429. The van der Waals surface area contributed by atoms with E-state index >= 15 is 0 Å². The van der Waals surface area contributed by atoms with E-state index in [1.165, 1.54) is 6.33 Å². The molecule has 0 fully saturated rings. The average Bonchev–Trinajstić information content (AvgIpc) is 2.40. The van der Waals surface area contributed by atoms with Gasteiger partial charge in [-0.25, -0.2) is 15.8 Å². The molecule has 1 rings (SSSR count). The van der Waals surface area contributed by atoms with E-state index in [0.29, 0.717) is 31.9 Å². The van der Waals surface area contributed by atoms with E-state index in [-0.39, 0.29) is 0 Å². The molecule has 1 heterocycles. The number of nitrogens with zero attached hydrogens (tertiary/aromatic N) is 4. The summed E-state index contributed by atoms with van der Waals surface area (Å²) >= 11 is 0. The van der Waals surface area contributed by atoms with Crippen LogP contribution < -0.4 is 16.2 Å². The van der Waals surface area contributed by atoms with Crippen molar-refractivity contribution in [1.29, 1.82) is 5.26 Å². The summed E-state index contributed by atoms with van der Waals surface area (Å²) in [6.07, 6.45) is 1.88. The van der Waals surface area contributed by atoms with Gasteiger partial charge in [0, 0.05) is 25.8 Å². The van der Waals surface area contributed by atoms with Crippen molar-refractivity contribution in [2.24, 2.45) is 5.84 Å². The molecule has 0 aliphatic carbocycles. The summed E-state index contributed by atoms with van der Waals surface area (Å²) in [6, 6.07) is 2.13. The molecule has 7 nitrogen and oxygen atoms in total. The number of nitriles is 1. The average molecular weight is 250 g/mol. The first-order chi connectivity index (χ1) is 8.74. The van der Waals surface area contributed by atoms with E-state index < -0.39 is 0 Å². The number of hydrazine groups is 1. The van der Waals surface area contributed by atoms with Crippen LogP contribution in [-0.4, -0.2) is 36.8 Å².